The zero-order chi connectivity index (χ0) is 13.1. The fraction of sp³-hybridized carbons (Fsp3) is 0.364. The first-order valence-electron chi connectivity index (χ1n) is 5.12. The molecule has 0 unspecified atom stereocenters. The third kappa shape index (κ3) is 4.20. The maximum atomic E-state index is 11.6. The van der Waals surface area contributed by atoms with Crippen LogP contribution >= 0.6 is 0 Å². The van der Waals surface area contributed by atoms with E-state index in [1.54, 1.807) is 26.0 Å². The smallest absolute Gasteiger partial charge is 0.292 e. The Morgan fingerprint density at radius 2 is 2.06 bits per heavy atom. The van der Waals surface area contributed by atoms with Gasteiger partial charge >= 0.3 is 0 Å². The highest BCUT2D eigenvalue weighted by atomic mass is 16.6. The highest BCUT2D eigenvalue weighted by molar-refractivity contribution is 5.93. The molecule has 1 rings (SSSR count). The fourth-order valence-corrected chi connectivity index (χ4v) is 1.35. The molecule has 0 radical (unpaired) electrons. The molecule has 0 saturated carbocycles. The second-order valence-electron chi connectivity index (χ2n) is 4.49. The van der Waals surface area contributed by atoms with Gasteiger partial charge in [-0.2, -0.15) is 0 Å². The van der Waals surface area contributed by atoms with Crippen molar-refractivity contribution in [2.45, 2.75) is 25.8 Å². The molecule has 0 fully saturated rings. The topological polar surface area (TPSA) is 98.3 Å². The number of para-hydroxylation sites is 2. The molecule has 1 aromatic carbocycles. The SMILES string of the molecule is CC(C)(N)CC(=O)Nc1ccccc1[N+](=O)[O-]. The minimum atomic E-state index is -0.645. The van der Waals surface area contributed by atoms with Gasteiger partial charge in [-0.1, -0.05) is 12.1 Å². The van der Waals surface area contributed by atoms with Crippen LogP contribution in [0.5, 0.6) is 0 Å². The summed E-state index contributed by atoms with van der Waals surface area (Å²) in [4.78, 5) is 21.8. The molecule has 0 spiro atoms. The van der Waals surface area contributed by atoms with E-state index in [0.717, 1.165) is 0 Å². The van der Waals surface area contributed by atoms with Crippen molar-refractivity contribution < 1.29 is 9.72 Å². The number of hydrogen-bond donors (Lipinski definition) is 2. The van der Waals surface area contributed by atoms with E-state index in [1.807, 2.05) is 0 Å². The summed E-state index contributed by atoms with van der Waals surface area (Å²) >= 11 is 0. The Morgan fingerprint density at radius 1 is 1.47 bits per heavy atom. The first kappa shape index (κ1) is 13.1. The molecule has 0 aromatic heterocycles. The van der Waals surface area contributed by atoms with Gasteiger partial charge in [0, 0.05) is 18.0 Å². The van der Waals surface area contributed by atoms with E-state index in [9.17, 15) is 14.9 Å². The Balaban J connectivity index is 2.82. The molecule has 0 aliphatic rings. The molecule has 0 bridgehead atoms. The number of amides is 1. The van der Waals surface area contributed by atoms with Gasteiger partial charge in [0.1, 0.15) is 5.69 Å². The molecular formula is C11H15N3O3. The molecule has 0 aliphatic carbocycles. The number of benzene rings is 1. The zero-order valence-corrected chi connectivity index (χ0v) is 9.77. The van der Waals surface area contributed by atoms with Gasteiger partial charge in [-0.05, 0) is 19.9 Å². The molecule has 92 valence electrons. The maximum Gasteiger partial charge on any atom is 0.292 e. The van der Waals surface area contributed by atoms with E-state index in [2.05, 4.69) is 5.32 Å². The van der Waals surface area contributed by atoms with E-state index in [1.165, 1.54) is 12.1 Å². The summed E-state index contributed by atoms with van der Waals surface area (Å²) in [6.45, 7) is 3.43. The highest BCUT2D eigenvalue weighted by Gasteiger charge is 2.19. The van der Waals surface area contributed by atoms with Crippen molar-refractivity contribution in [3.8, 4) is 0 Å². The number of nitrogens with one attached hydrogen (secondary N) is 1. The molecule has 0 saturated heterocycles. The van der Waals surface area contributed by atoms with Gasteiger partial charge in [0.15, 0.2) is 0 Å². The Bertz CT molecular complexity index is 438. The summed E-state index contributed by atoms with van der Waals surface area (Å²) in [6.07, 6.45) is 0.0963. The predicted octanol–water partition coefficient (Wildman–Crippen LogP) is 1.66. The molecule has 6 nitrogen and oxygen atoms in total. The maximum absolute atomic E-state index is 11.6. The van der Waals surface area contributed by atoms with Crippen LogP contribution < -0.4 is 11.1 Å². The van der Waals surface area contributed by atoms with Crippen LogP contribution in [0.15, 0.2) is 24.3 Å². The molecule has 1 amide bonds. The normalized spacial score (nSPS) is 11.0. The third-order valence-corrected chi connectivity index (χ3v) is 1.99. The van der Waals surface area contributed by atoms with Crippen LogP contribution in [-0.2, 0) is 4.79 Å². The molecule has 1 aromatic rings. The monoisotopic (exact) mass is 237 g/mol. The van der Waals surface area contributed by atoms with Crippen molar-refractivity contribution in [3.63, 3.8) is 0 Å². The van der Waals surface area contributed by atoms with E-state index < -0.39 is 10.5 Å². The van der Waals surface area contributed by atoms with Crippen molar-refractivity contribution in [2.24, 2.45) is 5.73 Å². The average Bonchev–Trinajstić information content (AvgIpc) is 2.14. The lowest BCUT2D eigenvalue weighted by Gasteiger charge is -2.17. The number of nitrogens with zero attached hydrogens (tertiary/aromatic N) is 1. The van der Waals surface area contributed by atoms with Gasteiger partial charge in [-0.25, -0.2) is 0 Å². The van der Waals surface area contributed by atoms with Crippen LogP contribution in [0.25, 0.3) is 0 Å². The van der Waals surface area contributed by atoms with Gasteiger partial charge in [-0.15, -0.1) is 0 Å². The Kier molecular flexibility index (Phi) is 3.80. The van der Waals surface area contributed by atoms with Crippen molar-refractivity contribution >= 4 is 17.3 Å². The Labute approximate surface area is 99.0 Å². The number of carbonyl (C=O) groups excluding carboxylic acids is 1. The average molecular weight is 237 g/mol. The molecule has 0 atom stereocenters. The van der Waals surface area contributed by atoms with Crippen LogP contribution in [0, 0.1) is 10.1 Å². The van der Waals surface area contributed by atoms with Crippen molar-refractivity contribution in [2.75, 3.05) is 5.32 Å². The predicted molar refractivity (Wildman–Crippen MR) is 64.6 cm³/mol. The van der Waals surface area contributed by atoms with Crippen molar-refractivity contribution in [1.82, 2.24) is 0 Å². The third-order valence-electron chi connectivity index (χ3n) is 1.99. The molecule has 17 heavy (non-hydrogen) atoms. The quantitative estimate of drug-likeness (QED) is 0.614. The summed E-state index contributed by atoms with van der Waals surface area (Å²) < 4.78 is 0. The van der Waals surface area contributed by atoms with Crippen molar-refractivity contribution in [1.29, 1.82) is 0 Å². The van der Waals surface area contributed by atoms with Gasteiger partial charge in [0.25, 0.3) is 5.69 Å². The van der Waals surface area contributed by atoms with Crippen LogP contribution in [-0.4, -0.2) is 16.4 Å². The zero-order valence-electron chi connectivity index (χ0n) is 9.77. The number of rotatable bonds is 4. The molecule has 0 aliphatic heterocycles. The largest absolute Gasteiger partial charge is 0.325 e. The van der Waals surface area contributed by atoms with E-state index in [-0.39, 0.29) is 23.7 Å². The molecule has 0 heterocycles. The van der Waals surface area contributed by atoms with Crippen molar-refractivity contribution in [3.05, 3.63) is 34.4 Å². The number of anilines is 1. The lowest BCUT2D eigenvalue weighted by atomic mass is 10.0. The first-order valence-corrected chi connectivity index (χ1v) is 5.12. The van der Waals surface area contributed by atoms with Gasteiger partial charge in [0.05, 0.1) is 4.92 Å². The van der Waals surface area contributed by atoms with Gasteiger partial charge in [0.2, 0.25) is 5.91 Å². The van der Waals surface area contributed by atoms with E-state index in [4.69, 9.17) is 5.73 Å². The summed E-state index contributed by atoms with van der Waals surface area (Å²) in [5.41, 5.74) is 5.11. The number of nitro benzene ring substituents is 1. The molecule has 6 heteroatoms. The lowest BCUT2D eigenvalue weighted by Crippen LogP contribution is -2.36. The lowest BCUT2D eigenvalue weighted by molar-refractivity contribution is -0.383. The van der Waals surface area contributed by atoms with E-state index >= 15 is 0 Å². The highest BCUT2D eigenvalue weighted by Crippen LogP contribution is 2.23. The molecular weight excluding hydrogens is 222 g/mol. The summed E-state index contributed by atoms with van der Waals surface area (Å²) in [5, 5.41) is 13.2. The second kappa shape index (κ2) is 4.92. The summed E-state index contributed by atoms with van der Waals surface area (Å²) in [7, 11) is 0. The Morgan fingerprint density at radius 3 is 2.59 bits per heavy atom. The second-order valence-corrected chi connectivity index (χ2v) is 4.49. The van der Waals surface area contributed by atoms with Crippen LogP contribution in [0.1, 0.15) is 20.3 Å². The standard InChI is InChI=1S/C11H15N3O3/c1-11(2,12)7-10(15)13-8-5-3-4-6-9(8)14(16)17/h3-6H,7,12H2,1-2H3,(H,13,15). The Hall–Kier alpha value is -1.95. The van der Waals surface area contributed by atoms with E-state index in [0.29, 0.717) is 0 Å². The number of nitro groups is 1. The van der Waals surface area contributed by atoms with Gasteiger partial charge in [-0.3, -0.25) is 14.9 Å². The van der Waals surface area contributed by atoms with Crippen LogP contribution in [0.3, 0.4) is 0 Å². The fourth-order valence-electron chi connectivity index (χ4n) is 1.35. The van der Waals surface area contributed by atoms with Crippen LogP contribution in [0.2, 0.25) is 0 Å². The number of carbonyl (C=O) groups is 1. The van der Waals surface area contributed by atoms with Crippen LogP contribution in [0.4, 0.5) is 11.4 Å². The van der Waals surface area contributed by atoms with Gasteiger partial charge < -0.3 is 11.1 Å². The first-order chi connectivity index (χ1) is 7.79. The molecule has 3 N–H and O–H groups in total. The minimum Gasteiger partial charge on any atom is -0.325 e. The minimum absolute atomic E-state index is 0.0963. The number of hydrogen-bond acceptors (Lipinski definition) is 4. The summed E-state index contributed by atoms with van der Waals surface area (Å²) in [5.74, 6) is -0.341. The summed E-state index contributed by atoms with van der Waals surface area (Å²) in [6, 6.07) is 5.99. The number of nitrogens with two attached hydrogens (primary N) is 1.